The zero-order valence-electron chi connectivity index (χ0n) is 12.2. The molecule has 0 amide bonds. The van der Waals surface area contributed by atoms with Gasteiger partial charge in [-0.3, -0.25) is 9.59 Å². The van der Waals surface area contributed by atoms with Gasteiger partial charge in [0.05, 0.1) is 7.11 Å². The van der Waals surface area contributed by atoms with Crippen molar-refractivity contribution in [2.45, 2.75) is 33.1 Å². The van der Waals surface area contributed by atoms with Crippen LogP contribution in [0.4, 0.5) is 0 Å². The molecule has 0 N–H and O–H groups in total. The summed E-state index contributed by atoms with van der Waals surface area (Å²) in [5.74, 6) is 0.624. The number of hydrogen-bond acceptors (Lipinski definition) is 3. The fraction of sp³-hybridized carbons (Fsp3) is 0.500. The van der Waals surface area contributed by atoms with Crippen LogP contribution in [0.3, 0.4) is 0 Å². The summed E-state index contributed by atoms with van der Waals surface area (Å²) < 4.78 is 3.86. The maximum Gasteiger partial charge on any atom is 0.292 e. The molecule has 20 heavy (non-hydrogen) atoms. The monoisotopic (exact) mass is 296 g/mol. The number of ether oxygens (including phenoxy) is 1. The van der Waals surface area contributed by atoms with Crippen molar-refractivity contribution in [3.8, 4) is 0 Å². The van der Waals surface area contributed by atoms with Gasteiger partial charge in [0.25, 0.3) is 6.47 Å². The molecule has 2 rings (SSSR count). The molecule has 0 radical (unpaired) electrons. The molecule has 0 spiro atoms. The normalized spacial score (nSPS) is 20.0. The summed E-state index contributed by atoms with van der Waals surface area (Å²) in [5, 5.41) is 0.752. The topological polar surface area (TPSA) is 43.4 Å². The van der Waals surface area contributed by atoms with E-state index in [1.165, 1.54) is 12.7 Å². The smallest absolute Gasteiger partial charge is 0.292 e. The molecule has 1 unspecified atom stereocenters. The highest BCUT2D eigenvalue weighted by atomic mass is 35.5. The summed E-state index contributed by atoms with van der Waals surface area (Å²) >= 11 is 5.84. The minimum atomic E-state index is -0.114. The molecule has 4 heteroatoms. The van der Waals surface area contributed by atoms with Gasteiger partial charge in [0, 0.05) is 16.4 Å². The van der Waals surface area contributed by atoms with Crippen molar-refractivity contribution in [2.75, 3.05) is 7.11 Å². The first-order valence-corrected chi connectivity index (χ1v) is 7.03. The Bertz CT molecular complexity index is 451. The number of halogens is 1. The van der Waals surface area contributed by atoms with E-state index in [4.69, 9.17) is 16.4 Å². The van der Waals surface area contributed by atoms with Gasteiger partial charge in [-0.15, -0.1) is 0 Å². The van der Waals surface area contributed by atoms with E-state index in [9.17, 15) is 4.79 Å². The molecule has 0 aromatic heterocycles. The van der Waals surface area contributed by atoms with Crippen molar-refractivity contribution >= 4 is 23.9 Å². The first-order valence-electron chi connectivity index (χ1n) is 6.66. The Hall–Kier alpha value is -1.35. The van der Waals surface area contributed by atoms with Gasteiger partial charge < -0.3 is 4.74 Å². The highest BCUT2D eigenvalue weighted by Crippen LogP contribution is 2.38. The van der Waals surface area contributed by atoms with E-state index in [0.29, 0.717) is 12.3 Å². The van der Waals surface area contributed by atoms with E-state index >= 15 is 0 Å². The van der Waals surface area contributed by atoms with Crippen LogP contribution in [0.5, 0.6) is 0 Å². The van der Waals surface area contributed by atoms with Gasteiger partial charge in [-0.2, -0.15) is 0 Å². The van der Waals surface area contributed by atoms with Gasteiger partial charge in [-0.1, -0.05) is 37.6 Å². The van der Waals surface area contributed by atoms with Crippen molar-refractivity contribution in [1.82, 2.24) is 0 Å². The molecule has 1 aliphatic carbocycles. The van der Waals surface area contributed by atoms with Crippen molar-refractivity contribution in [2.24, 2.45) is 11.3 Å². The van der Waals surface area contributed by atoms with E-state index in [2.05, 4.69) is 18.6 Å². The molecule has 0 saturated heterocycles. The van der Waals surface area contributed by atoms with Crippen LogP contribution in [-0.2, 0) is 20.7 Å². The summed E-state index contributed by atoms with van der Waals surface area (Å²) in [7, 11) is 1.31. The van der Waals surface area contributed by atoms with Gasteiger partial charge in [-0.05, 0) is 37.0 Å². The van der Waals surface area contributed by atoms with Crippen molar-refractivity contribution in [3.63, 3.8) is 0 Å². The summed E-state index contributed by atoms with van der Waals surface area (Å²) in [6, 6.07) is 7.81. The molecule has 1 saturated carbocycles. The minimum absolute atomic E-state index is 0.114. The Balaban J connectivity index is 0.000000444. The maximum absolute atomic E-state index is 12.1. The molecule has 110 valence electrons. The van der Waals surface area contributed by atoms with E-state index in [-0.39, 0.29) is 11.3 Å². The van der Waals surface area contributed by atoms with Crippen LogP contribution in [0.25, 0.3) is 0 Å². The van der Waals surface area contributed by atoms with Crippen LogP contribution in [-0.4, -0.2) is 19.4 Å². The van der Waals surface area contributed by atoms with Crippen molar-refractivity contribution in [1.29, 1.82) is 0 Å². The molecular weight excluding hydrogens is 276 g/mol. The molecule has 3 nitrogen and oxygen atoms in total. The SMILES string of the molecule is CC1(C)CCC(Cc2ccc(Cl)cc2)C1=O.COC=O. The number of carbonyl (C=O) groups is 2. The Morgan fingerprint density at radius 2 is 1.90 bits per heavy atom. The number of Topliss-reactive ketones (excluding diaryl/α,β-unsaturated/α-hetero) is 1. The molecule has 1 aromatic rings. The third-order valence-electron chi connectivity index (χ3n) is 3.65. The number of benzene rings is 1. The van der Waals surface area contributed by atoms with E-state index in [1.807, 2.05) is 24.3 Å². The lowest BCUT2D eigenvalue weighted by atomic mass is 9.87. The largest absolute Gasteiger partial charge is 0.471 e. The first kappa shape index (κ1) is 16.7. The Morgan fingerprint density at radius 3 is 2.30 bits per heavy atom. The average Bonchev–Trinajstić information content (AvgIpc) is 2.69. The van der Waals surface area contributed by atoms with Crippen molar-refractivity contribution < 1.29 is 14.3 Å². The molecule has 1 atom stereocenters. The second-order valence-corrected chi connectivity index (χ2v) is 6.08. The van der Waals surface area contributed by atoms with Crippen LogP contribution in [0, 0.1) is 11.3 Å². The summed E-state index contributed by atoms with van der Waals surface area (Å²) in [6.45, 7) is 4.48. The standard InChI is InChI=1S/C14H17ClO.C2H4O2/c1-14(2)8-7-11(13(14)16)9-10-3-5-12(15)6-4-10;1-4-2-3/h3-6,11H,7-9H2,1-2H3;2H,1H3. The Labute approximate surface area is 125 Å². The van der Waals surface area contributed by atoms with Crippen LogP contribution >= 0.6 is 11.6 Å². The lowest BCUT2D eigenvalue weighted by Crippen LogP contribution is -2.22. The first-order chi connectivity index (χ1) is 9.40. The van der Waals surface area contributed by atoms with Gasteiger partial charge in [0.2, 0.25) is 0 Å². The third kappa shape index (κ3) is 4.64. The second kappa shape index (κ2) is 7.44. The molecule has 0 aliphatic heterocycles. The number of ketones is 1. The van der Waals surface area contributed by atoms with E-state index in [0.717, 1.165) is 24.3 Å². The van der Waals surface area contributed by atoms with E-state index in [1.54, 1.807) is 0 Å². The van der Waals surface area contributed by atoms with Crippen molar-refractivity contribution in [3.05, 3.63) is 34.9 Å². The summed E-state index contributed by atoms with van der Waals surface area (Å²) in [4.78, 5) is 21.0. The number of hydrogen-bond donors (Lipinski definition) is 0. The molecular formula is C16H21ClO3. The average molecular weight is 297 g/mol. The summed E-state index contributed by atoms with van der Waals surface area (Å²) in [6.07, 6.45) is 2.90. The molecule has 0 heterocycles. The zero-order chi connectivity index (χ0) is 15.2. The second-order valence-electron chi connectivity index (χ2n) is 5.65. The number of rotatable bonds is 3. The Morgan fingerprint density at radius 1 is 1.35 bits per heavy atom. The predicted octanol–water partition coefficient (Wildman–Crippen LogP) is 3.68. The fourth-order valence-corrected chi connectivity index (χ4v) is 2.57. The molecule has 0 bridgehead atoms. The number of methoxy groups -OCH3 is 1. The lowest BCUT2D eigenvalue weighted by Gasteiger charge is -2.15. The molecule has 1 fully saturated rings. The Kier molecular flexibility index (Phi) is 6.21. The van der Waals surface area contributed by atoms with E-state index < -0.39 is 0 Å². The van der Waals surface area contributed by atoms with Gasteiger partial charge in [-0.25, -0.2) is 0 Å². The maximum atomic E-state index is 12.1. The highest BCUT2D eigenvalue weighted by molar-refractivity contribution is 6.30. The molecule has 1 aliphatic rings. The summed E-state index contributed by atoms with van der Waals surface area (Å²) in [5.41, 5.74) is 1.09. The van der Waals surface area contributed by atoms with Crippen LogP contribution in [0.1, 0.15) is 32.3 Å². The zero-order valence-corrected chi connectivity index (χ0v) is 12.9. The number of carbonyl (C=O) groups excluding carboxylic acids is 2. The fourth-order valence-electron chi connectivity index (χ4n) is 2.44. The van der Waals surface area contributed by atoms with Crippen LogP contribution in [0.15, 0.2) is 24.3 Å². The highest BCUT2D eigenvalue weighted by Gasteiger charge is 2.39. The molecule has 1 aromatic carbocycles. The predicted molar refractivity (Wildman–Crippen MR) is 79.7 cm³/mol. The minimum Gasteiger partial charge on any atom is -0.471 e. The van der Waals surface area contributed by atoms with Gasteiger partial charge in [0.15, 0.2) is 0 Å². The van der Waals surface area contributed by atoms with Crippen LogP contribution < -0.4 is 0 Å². The lowest BCUT2D eigenvalue weighted by molar-refractivity contribution is -0.127. The third-order valence-corrected chi connectivity index (χ3v) is 3.90. The quantitative estimate of drug-likeness (QED) is 0.799. The van der Waals surface area contributed by atoms with Crippen LogP contribution in [0.2, 0.25) is 5.02 Å². The van der Waals surface area contributed by atoms with Gasteiger partial charge in [0.1, 0.15) is 5.78 Å². The van der Waals surface area contributed by atoms with Gasteiger partial charge >= 0.3 is 0 Å².